The minimum Gasteiger partial charge on any atom is -0.477 e. The number of aromatic carboxylic acids is 1. The van der Waals surface area contributed by atoms with Crippen LogP contribution in [0.15, 0.2) is 23.3 Å². The summed E-state index contributed by atoms with van der Waals surface area (Å²) >= 11 is 0. The van der Waals surface area contributed by atoms with Crippen LogP contribution in [0.25, 0.3) is 0 Å². The molecule has 0 saturated heterocycles. The average molecular weight is 220 g/mol. The molecule has 0 radical (unpaired) electrons. The number of carbonyl (C=O) groups is 1. The van der Waals surface area contributed by atoms with Gasteiger partial charge in [0.1, 0.15) is 0 Å². The first-order valence-electron chi connectivity index (χ1n) is 4.81. The second kappa shape index (κ2) is 3.80. The molecule has 1 atom stereocenters. The van der Waals surface area contributed by atoms with Gasteiger partial charge in [0.2, 0.25) is 6.29 Å². The third-order valence-corrected chi connectivity index (χ3v) is 2.29. The molecule has 1 aromatic heterocycles. The van der Waals surface area contributed by atoms with Gasteiger partial charge in [-0.15, -0.1) is 0 Å². The van der Waals surface area contributed by atoms with Crippen LogP contribution < -0.4 is 0 Å². The second-order valence-corrected chi connectivity index (χ2v) is 3.57. The molecule has 0 spiro atoms. The molecule has 0 bridgehead atoms. The van der Waals surface area contributed by atoms with Gasteiger partial charge in [-0.1, -0.05) is 0 Å². The molecule has 1 aromatic rings. The van der Waals surface area contributed by atoms with Crippen LogP contribution >= 0.6 is 0 Å². The van der Waals surface area contributed by atoms with Crippen molar-refractivity contribution in [3.63, 3.8) is 0 Å². The Hall–Kier alpha value is -2.11. The van der Waals surface area contributed by atoms with Gasteiger partial charge in [-0.3, -0.25) is 0 Å². The molecule has 0 aliphatic carbocycles. The number of nitrogens with zero attached hydrogens (tertiary/aromatic N) is 4. The van der Waals surface area contributed by atoms with Gasteiger partial charge in [0.25, 0.3) is 0 Å². The zero-order valence-electron chi connectivity index (χ0n) is 9.03. The fraction of sp³-hybridized carbons (Fsp3) is 0.300. The number of hydrogen-bond donors (Lipinski definition) is 1. The molecule has 0 aromatic carbocycles. The standard InChI is InChI=1S/C10H12N4O2/c1-7-6-8(9(15)16)14(12-7)10-11-4-3-5-13(10)2/h3-6,10H,1-2H3,(H,15,16). The predicted molar refractivity (Wildman–Crippen MR) is 58.4 cm³/mol. The summed E-state index contributed by atoms with van der Waals surface area (Å²) in [6, 6.07) is 1.53. The van der Waals surface area contributed by atoms with Gasteiger partial charge < -0.3 is 10.0 Å². The van der Waals surface area contributed by atoms with Crippen molar-refractivity contribution in [2.24, 2.45) is 4.99 Å². The van der Waals surface area contributed by atoms with E-state index in [2.05, 4.69) is 10.1 Å². The van der Waals surface area contributed by atoms with Gasteiger partial charge in [0.05, 0.1) is 5.69 Å². The van der Waals surface area contributed by atoms with Crippen molar-refractivity contribution in [2.75, 3.05) is 7.05 Å². The van der Waals surface area contributed by atoms with E-state index >= 15 is 0 Å². The van der Waals surface area contributed by atoms with Crippen LogP contribution in [-0.4, -0.2) is 39.0 Å². The Kier molecular flexibility index (Phi) is 2.47. The molecule has 6 nitrogen and oxygen atoms in total. The third kappa shape index (κ3) is 1.69. The normalized spacial score (nSPS) is 19.1. The van der Waals surface area contributed by atoms with Crippen molar-refractivity contribution in [1.29, 1.82) is 0 Å². The van der Waals surface area contributed by atoms with E-state index in [1.54, 1.807) is 24.1 Å². The molecule has 1 N–H and O–H groups in total. The fourth-order valence-corrected chi connectivity index (χ4v) is 1.57. The van der Waals surface area contributed by atoms with Gasteiger partial charge >= 0.3 is 5.97 Å². The minimum atomic E-state index is -1.00. The molecule has 16 heavy (non-hydrogen) atoms. The third-order valence-electron chi connectivity index (χ3n) is 2.29. The Labute approximate surface area is 92.5 Å². The van der Waals surface area contributed by atoms with E-state index in [0.29, 0.717) is 5.69 Å². The van der Waals surface area contributed by atoms with Crippen LogP contribution in [0.3, 0.4) is 0 Å². The molecule has 0 saturated carbocycles. The molecule has 84 valence electrons. The number of rotatable bonds is 2. The number of hydrogen-bond acceptors (Lipinski definition) is 4. The maximum Gasteiger partial charge on any atom is 0.354 e. The molecule has 2 heterocycles. The van der Waals surface area contributed by atoms with E-state index in [4.69, 9.17) is 5.11 Å². The second-order valence-electron chi connectivity index (χ2n) is 3.57. The molecule has 1 aliphatic rings. The summed E-state index contributed by atoms with van der Waals surface area (Å²) < 4.78 is 1.40. The first-order valence-corrected chi connectivity index (χ1v) is 4.81. The molecule has 0 fully saturated rings. The highest BCUT2D eigenvalue weighted by molar-refractivity contribution is 5.85. The minimum absolute atomic E-state index is 0.141. The van der Waals surface area contributed by atoms with Crippen LogP contribution in [0.4, 0.5) is 0 Å². The van der Waals surface area contributed by atoms with Crippen molar-refractivity contribution in [1.82, 2.24) is 14.7 Å². The fourth-order valence-electron chi connectivity index (χ4n) is 1.57. The smallest absolute Gasteiger partial charge is 0.354 e. The highest BCUT2D eigenvalue weighted by atomic mass is 16.4. The number of carboxylic acid groups (broad SMARTS) is 1. The molecule has 1 aliphatic heterocycles. The van der Waals surface area contributed by atoms with E-state index in [0.717, 1.165) is 0 Å². The van der Waals surface area contributed by atoms with E-state index in [1.807, 2.05) is 13.2 Å². The van der Waals surface area contributed by atoms with Gasteiger partial charge in [-0.2, -0.15) is 5.10 Å². The lowest BCUT2D eigenvalue weighted by Gasteiger charge is -2.26. The Morgan fingerprint density at radius 2 is 2.31 bits per heavy atom. The maximum atomic E-state index is 11.0. The summed E-state index contributed by atoms with van der Waals surface area (Å²) in [6.45, 7) is 1.76. The lowest BCUT2D eigenvalue weighted by Crippen LogP contribution is -2.28. The molecule has 2 rings (SSSR count). The van der Waals surface area contributed by atoms with Crippen molar-refractivity contribution in [3.05, 3.63) is 29.7 Å². The van der Waals surface area contributed by atoms with Gasteiger partial charge in [0, 0.05) is 19.5 Å². The lowest BCUT2D eigenvalue weighted by atomic mass is 10.4. The number of carboxylic acids is 1. The summed E-state index contributed by atoms with van der Waals surface area (Å²) in [5, 5.41) is 13.2. The maximum absolute atomic E-state index is 11.0. The summed E-state index contributed by atoms with van der Waals surface area (Å²) in [4.78, 5) is 17.0. The summed E-state index contributed by atoms with van der Waals surface area (Å²) in [7, 11) is 1.82. The summed E-state index contributed by atoms with van der Waals surface area (Å²) in [5.41, 5.74) is 0.803. The monoisotopic (exact) mass is 220 g/mol. The molecule has 1 unspecified atom stereocenters. The Morgan fingerprint density at radius 1 is 1.56 bits per heavy atom. The van der Waals surface area contributed by atoms with Crippen LogP contribution in [0.2, 0.25) is 0 Å². The molecular weight excluding hydrogens is 208 g/mol. The van der Waals surface area contributed by atoms with Gasteiger partial charge in [-0.05, 0) is 19.1 Å². The lowest BCUT2D eigenvalue weighted by molar-refractivity contribution is 0.0671. The molecule has 0 amide bonds. The van der Waals surface area contributed by atoms with Crippen LogP contribution in [0.1, 0.15) is 22.5 Å². The highest BCUT2D eigenvalue weighted by Crippen LogP contribution is 2.18. The van der Waals surface area contributed by atoms with E-state index in [1.165, 1.54) is 10.7 Å². The largest absolute Gasteiger partial charge is 0.477 e. The first-order chi connectivity index (χ1) is 7.59. The van der Waals surface area contributed by atoms with Crippen LogP contribution in [0, 0.1) is 6.92 Å². The van der Waals surface area contributed by atoms with Crippen molar-refractivity contribution in [3.8, 4) is 0 Å². The predicted octanol–water partition coefficient (Wildman–Crippen LogP) is 0.876. The Balaban J connectivity index is 2.43. The zero-order valence-corrected chi connectivity index (χ0v) is 9.03. The number of allylic oxidation sites excluding steroid dienone is 1. The van der Waals surface area contributed by atoms with Gasteiger partial charge in [0.15, 0.2) is 5.69 Å². The summed E-state index contributed by atoms with van der Waals surface area (Å²) in [6.07, 6.45) is 4.81. The van der Waals surface area contributed by atoms with E-state index in [-0.39, 0.29) is 5.69 Å². The van der Waals surface area contributed by atoms with Crippen molar-refractivity contribution >= 4 is 12.2 Å². The van der Waals surface area contributed by atoms with Crippen LogP contribution in [0.5, 0.6) is 0 Å². The quantitative estimate of drug-likeness (QED) is 0.803. The number of aliphatic imine (C=N–C) groups is 1. The first kappa shape index (κ1) is 10.4. The van der Waals surface area contributed by atoms with Crippen molar-refractivity contribution in [2.45, 2.75) is 13.2 Å². The SMILES string of the molecule is Cc1cc(C(=O)O)n(C2N=CC=CN2C)n1. The van der Waals surface area contributed by atoms with Crippen molar-refractivity contribution < 1.29 is 9.90 Å². The van der Waals surface area contributed by atoms with E-state index in [9.17, 15) is 4.79 Å². The van der Waals surface area contributed by atoms with Gasteiger partial charge in [-0.25, -0.2) is 14.5 Å². The highest BCUT2D eigenvalue weighted by Gasteiger charge is 2.22. The zero-order chi connectivity index (χ0) is 11.7. The summed E-state index contributed by atoms with van der Waals surface area (Å²) in [5.74, 6) is -1.00. The average Bonchev–Trinajstić information content (AvgIpc) is 2.61. The number of aryl methyl sites for hydroxylation is 1. The Morgan fingerprint density at radius 3 is 2.94 bits per heavy atom. The number of aromatic nitrogens is 2. The topological polar surface area (TPSA) is 70.7 Å². The van der Waals surface area contributed by atoms with Crippen LogP contribution in [-0.2, 0) is 0 Å². The van der Waals surface area contributed by atoms with E-state index < -0.39 is 12.3 Å². The molecule has 6 heteroatoms. The molecular formula is C10H12N4O2. The Bertz CT molecular complexity index is 475.